The average Bonchev–Trinajstić information content (AvgIpc) is 2.70. The number of anilines is 3. The van der Waals surface area contributed by atoms with E-state index in [9.17, 15) is 14.7 Å². The molecule has 0 radical (unpaired) electrons. The molecule has 0 unspecified atom stereocenters. The number of phenols is 1. The Morgan fingerprint density at radius 1 is 0.700 bits per heavy atom. The highest BCUT2D eigenvalue weighted by atomic mass is 16.3. The summed E-state index contributed by atoms with van der Waals surface area (Å²) < 4.78 is 0. The molecule has 0 aliphatic carbocycles. The van der Waals surface area contributed by atoms with Crippen molar-refractivity contribution < 1.29 is 14.7 Å². The van der Waals surface area contributed by atoms with Crippen molar-refractivity contribution in [2.24, 2.45) is 0 Å². The van der Waals surface area contributed by atoms with E-state index in [2.05, 4.69) is 10.6 Å². The number of hydrogen-bond donors (Lipinski definition) is 4. The summed E-state index contributed by atoms with van der Waals surface area (Å²) in [6.07, 6.45) is 0. The molecular weight excluding hydrogens is 378 g/mol. The molecule has 0 heterocycles. The summed E-state index contributed by atoms with van der Waals surface area (Å²) in [5.41, 5.74) is 10.5. The molecule has 6 nitrogen and oxygen atoms in total. The van der Waals surface area contributed by atoms with Gasteiger partial charge in [-0.25, -0.2) is 0 Å². The van der Waals surface area contributed by atoms with Gasteiger partial charge in [0.25, 0.3) is 11.8 Å². The zero-order valence-corrected chi connectivity index (χ0v) is 17.5. The lowest BCUT2D eigenvalue weighted by molar-refractivity contribution is 0.102. The summed E-state index contributed by atoms with van der Waals surface area (Å²) in [5.74, 6) is -1.47. The molecule has 0 spiro atoms. The molecule has 154 valence electrons. The normalized spacial score (nSPS) is 10.5. The van der Waals surface area contributed by atoms with Gasteiger partial charge >= 0.3 is 0 Å². The third kappa shape index (κ3) is 4.12. The van der Waals surface area contributed by atoms with Crippen molar-refractivity contribution in [2.45, 2.75) is 27.7 Å². The number of nitrogens with one attached hydrogen (secondary N) is 2. The van der Waals surface area contributed by atoms with Crippen LogP contribution in [0.4, 0.5) is 17.1 Å². The number of nitrogens with two attached hydrogens (primary N) is 1. The van der Waals surface area contributed by atoms with Crippen LogP contribution in [0.5, 0.6) is 5.75 Å². The lowest BCUT2D eigenvalue weighted by Crippen LogP contribution is -2.20. The first-order valence-corrected chi connectivity index (χ1v) is 9.56. The molecule has 30 heavy (non-hydrogen) atoms. The number of carbonyl (C=O) groups is 2. The quantitative estimate of drug-likeness (QED) is 0.374. The Hall–Kier alpha value is -3.80. The minimum absolute atomic E-state index is 0.0206. The Morgan fingerprint density at radius 2 is 1.03 bits per heavy atom. The molecule has 2 amide bonds. The minimum Gasteiger partial charge on any atom is -0.506 e. The number of benzene rings is 3. The maximum atomic E-state index is 12.9. The summed E-state index contributed by atoms with van der Waals surface area (Å²) in [6.45, 7) is 7.18. The summed E-state index contributed by atoms with van der Waals surface area (Å²) >= 11 is 0. The van der Waals surface area contributed by atoms with E-state index in [1.54, 1.807) is 38.1 Å². The molecule has 3 aromatic carbocycles. The lowest BCUT2D eigenvalue weighted by Gasteiger charge is -2.18. The molecule has 5 N–H and O–H groups in total. The average molecular weight is 403 g/mol. The number of hydrogen-bond acceptors (Lipinski definition) is 4. The van der Waals surface area contributed by atoms with Gasteiger partial charge in [-0.2, -0.15) is 0 Å². The van der Waals surface area contributed by atoms with Crippen LogP contribution in [0, 0.1) is 27.7 Å². The molecule has 0 fully saturated rings. The smallest absolute Gasteiger partial charge is 0.259 e. The van der Waals surface area contributed by atoms with Crippen molar-refractivity contribution in [1.29, 1.82) is 0 Å². The Bertz CT molecular complexity index is 1030. The molecule has 0 aliphatic rings. The summed E-state index contributed by atoms with van der Waals surface area (Å²) in [4.78, 5) is 25.8. The van der Waals surface area contributed by atoms with Gasteiger partial charge in [0.1, 0.15) is 5.75 Å². The van der Waals surface area contributed by atoms with Crippen molar-refractivity contribution in [3.63, 3.8) is 0 Å². The molecule has 0 atom stereocenters. The number of carbonyl (C=O) groups excluding carboxylic acids is 2. The van der Waals surface area contributed by atoms with Crippen LogP contribution in [0.25, 0.3) is 0 Å². The van der Waals surface area contributed by atoms with E-state index in [0.717, 1.165) is 11.1 Å². The first kappa shape index (κ1) is 20.9. The fraction of sp³-hybridized carbons (Fsp3) is 0.167. The van der Waals surface area contributed by atoms with E-state index < -0.39 is 17.6 Å². The van der Waals surface area contributed by atoms with Crippen LogP contribution in [0.1, 0.15) is 43.0 Å². The van der Waals surface area contributed by atoms with E-state index >= 15 is 0 Å². The van der Waals surface area contributed by atoms with Gasteiger partial charge < -0.3 is 21.5 Å². The highest BCUT2D eigenvalue weighted by Gasteiger charge is 2.26. The third-order valence-corrected chi connectivity index (χ3v) is 5.10. The SMILES string of the molecule is Cc1ccc(NC(=O)c2c(C)c(N)c(C)c(C(=O)Nc3ccc(C)cc3)c2O)cc1. The van der Waals surface area contributed by atoms with Crippen molar-refractivity contribution in [3.8, 4) is 5.75 Å². The highest BCUT2D eigenvalue weighted by Crippen LogP contribution is 2.35. The number of nitrogen functional groups attached to an aromatic ring is 1. The molecule has 3 aromatic rings. The van der Waals surface area contributed by atoms with Gasteiger partial charge in [-0.05, 0) is 63.1 Å². The number of aromatic hydroxyl groups is 1. The van der Waals surface area contributed by atoms with Gasteiger partial charge in [0.05, 0.1) is 11.1 Å². The van der Waals surface area contributed by atoms with Crippen molar-refractivity contribution in [3.05, 3.63) is 81.9 Å². The second-order valence-electron chi connectivity index (χ2n) is 7.40. The maximum Gasteiger partial charge on any atom is 0.259 e. The van der Waals surface area contributed by atoms with E-state index in [1.165, 1.54) is 0 Å². The molecule has 0 aliphatic heterocycles. The Balaban J connectivity index is 1.99. The largest absolute Gasteiger partial charge is 0.506 e. The third-order valence-electron chi connectivity index (χ3n) is 5.10. The van der Waals surface area contributed by atoms with E-state index in [0.29, 0.717) is 22.5 Å². The van der Waals surface area contributed by atoms with Crippen molar-refractivity contribution in [1.82, 2.24) is 0 Å². The van der Waals surface area contributed by atoms with Crippen LogP contribution in [0.15, 0.2) is 48.5 Å². The fourth-order valence-corrected chi connectivity index (χ4v) is 3.25. The topological polar surface area (TPSA) is 104 Å². The predicted octanol–water partition coefficient (Wildman–Crippen LogP) is 4.71. The van der Waals surface area contributed by atoms with Crippen LogP contribution in [-0.2, 0) is 0 Å². The number of rotatable bonds is 4. The number of phenolic OH excluding ortho intramolecular Hbond substituents is 1. The second-order valence-corrected chi connectivity index (χ2v) is 7.40. The second kappa shape index (κ2) is 8.29. The van der Waals surface area contributed by atoms with E-state index in [-0.39, 0.29) is 16.8 Å². The maximum absolute atomic E-state index is 12.9. The molecular formula is C24H25N3O3. The molecule has 3 rings (SSSR count). The highest BCUT2D eigenvalue weighted by molar-refractivity contribution is 6.14. The van der Waals surface area contributed by atoms with Crippen LogP contribution in [-0.4, -0.2) is 16.9 Å². The molecule has 0 bridgehead atoms. The molecule has 0 saturated carbocycles. The predicted molar refractivity (Wildman–Crippen MR) is 120 cm³/mol. The van der Waals surface area contributed by atoms with Gasteiger partial charge in [-0.1, -0.05) is 35.4 Å². The minimum atomic E-state index is -0.537. The van der Waals surface area contributed by atoms with Gasteiger partial charge in [0.2, 0.25) is 0 Å². The van der Waals surface area contributed by atoms with Gasteiger partial charge in [0, 0.05) is 17.1 Å². The van der Waals surface area contributed by atoms with Crippen LogP contribution >= 0.6 is 0 Å². The zero-order chi connectivity index (χ0) is 22.0. The van der Waals surface area contributed by atoms with Gasteiger partial charge in [-0.15, -0.1) is 0 Å². The Morgan fingerprint density at radius 3 is 1.37 bits per heavy atom. The first-order chi connectivity index (χ1) is 14.2. The van der Waals surface area contributed by atoms with Crippen molar-refractivity contribution >= 4 is 28.9 Å². The Kier molecular flexibility index (Phi) is 5.78. The monoisotopic (exact) mass is 403 g/mol. The zero-order valence-electron chi connectivity index (χ0n) is 17.5. The van der Waals surface area contributed by atoms with Crippen LogP contribution in [0.3, 0.4) is 0 Å². The van der Waals surface area contributed by atoms with Gasteiger partial charge in [0.15, 0.2) is 0 Å². The van der Waals surface area contributed by atoms with Crippen LogP contribution in [0.2, 0.25) is 0 Å². The Labute approximate surface area is 175 Å². The van der Waals surface area contributed by atoms with Gasteiger partial charge in [-0.3, -0.25) is 9.59 Å². The first-order valence-electron chi connectivity index (χ1n) is 9.56. The standard InChI is InChI=1S/C24H25N3O3/c1-13-5-9-17(10-6-13)26-23(29)19-15(3)21(25)16(4)20(22(19)28)24(30)27-18-11-7-14(2)8-12-18/h5-12,28H,25H2,1-4H3,(H,26,29)(H,27,30). The number of amides is 2. The molecule has 6 heteroatoms. The van der Waals surface area contributed by atoms with E-state index in [4.69, 9.17) is 5.73 Å². The lowest BCUT2D eigenvalue weighted by atomic mass is 9.94. The van der Waals surface area contributed by atoms with Crippen LogP contribution < -0.4 is 16.4 Å². The number of aryl methyl sites for hydroxylation is 2. The van der Waals surface area contributed by atoms with Crippen molar-refractivity contribution in [2.75, 3.05) is 16.4 Å². The molecule has 0 saturated heterocycles. The summed E-state index contributed by atoms with van der Waals surface area (Å²) in [5, 5.41) is 16.4. The summed E-state index contributed by atoms with van der Waals surface area (Å²) in [7, 11) is 0. The molecule has 0 aromatic heterocycles. The fourth-order valence-electron chi connectivity index (χ4n) is 3.25. The summed E-state index contributed by atoms with van der Waals surface area (Å²) in [6, 6.07) is 14.5. The van der Waals surface area contributed by atoms with E-state index in [1.807, 2.05) is 38.1 Å².